The third kappa shape index (κ3) is 4.62. The molecule has 0 saturated carbocycles. The maximum atomic E-state index is 12.1. The van der Waals surface area contributed by atoms with Crippen LogP contribution in [0.5, 0.6) is 0 Å². The average molecular weight is 318 g/mol. The van der Waals surface area contributed by atoms with Gasteiger partial charge in [0.05, 0.1) is 6.04 Å². The molecule has 0 radical (unpaired) electrons. The summed E-state index contributed by atoms with van der Waals surface area (Å²) >= 11 is 2.42. The van der Waals surface area contributed by atoms with Gasteiger partial charge in [0.25, 0.3) is 0 Å². The van der Waals surface area contributed by atoms with E-state index >= 15 is 0 Å². The molecule has 1 rings (SSSR count). The van der Waals surface area contributed by atoms with E-state index in [2.05, 4.69) is 39.7 Å². The number of halogens is 1. The number of hydrogen-bond donors (Lipinski definition) is 1. The lowest BCUT2D eigenvalue weighted by molar-refractivity contribution is 0.518. The van der Waals surface area contributed by atoms with E-state index in [0.29, 0.717) is 0 Å². The van der Waals surface area contributed by atoms with Crippen molar-refractivity contribution in [3.05, 3.63) is 34.3 Å². The second-order valence-corrected chi connectivity index (χ2v) is 7.93. The molecule has 0 bridgehead atoms. The minimum atomic E-state index is -1.04. The van der Waals surface area contributed by atoms with E-state index in [1.807, 2.05) is 32.9 Å². The van der Waals surface area contributed by atoms with Crippen LogP contribution in [0.3, 0.4) is 0 Å². The molecule has 2 unspecified atom stereocenters. The Labute approximate surface area is 116 Å². The van der Waals surface area contributed by atoms with Crippen molar-refractivity contribution in [1.29, 1.82) is 0 Å². The third-order valence-electron chi connectivity index (χ3n) is 2.46. The van der Waals surface area contributed by atoms with Crippen molar-refractivity contribution in [2.75, 3.05) is 0 Å². The minimum Gasteiger partial charge on any atom is -0.598 e. The molecule has 2 nitrogen and oxygen atoms in total. The van der Waals surface area contributed by atoms with E-state index in [-0.39, 0.29) is 10.8 Å². The van der Waals surface area contributed by atoms with Gasteiger partial charge in [-0.1, -0.05) is 35.0 Å². The molecule has 0 spiro atoms. The lowest BCUT2D eigenvalue weighted by Crippen LogP contribution is -2.41. The summed E-state index contributed by atoms with van der Waals surface area (Å²) in [5, 5.41) is 0. The molecular formula is C13H20BrNOS. The van der Waals surface area contributed by atoms with Gasteiger partial charge in [0, 0.05) is 15.8 Å². The molecule has 96 valence electrons. The summed E-state index contributed by atoms with van der Waals surface area (Å²) in [6.07, 6.45) is 0.915. The molecule has 4 heteroatoms. The molecule has 1 aromatic carbocycles. The van der Waals surface area contributed by atoms with Gasteiger partial charge in [-0.25, -0.2) is 0 Å². The zero-order valence-electron chi connectivity index (χ0n) is 10.8. The number of hydrogen-bond acceptors (Lipinski definition) is 2. The first-order chi connectivity index (χ1) is 7.84. The minimum absolute atomic E-state index is 0.132. The van der Waals surface area contributed by atoms with Crippen LogP contribution in [-0.2, 0) is 11.4 Å². The Kier molecular flexibility index (Phi) is 5.51. The van der Waals surface area contributed by atoms with Gasteiger partial charge in [0.15, 0.2) is 0 Å². The highest BCUT2D eigenvalue weighted by Crippen LogP contribution is 2.24. The second kappa shape index (κ2) is 6.23. The molecule has 0 aromatic heterocycles. The molecule has 0 aliphatic heterocycles. The van der Waals surface area contributed by atoms with Gasteiger partial charge in [0.2, 0.25) is 0 Å². The van der Waals surface area contributed by atoms with Crippen LogP contribution in [0.1, 0.15) is 45.7 Å². The fourth-order valence-electron chi connectivity index (χ4n) is 1.42. The molecule has 0 aliphatic rings. The first-order valence-electron chi connectivity index (χ1n) is 5.78. The predicted molar refractivity (Wildman–Crippen MR) is 78.2 cm³/mol. The highest BCUT2D eigenvalue weighted by atomic mass is 79.9. The molecule has 1 N–H and O–H groups in total. The van der Waals surface area contributed by atoms with Crippen molar-refractivity contribution in [3.63, 3.8) is 0 Å². The molecule has 2 atom stereocenters. The summed E-state index contributed by atoms with van der Waals surface area (Å²) in [5.41, 5.74) is 1.17. The van der Waals surface area contributed by atoms with Crippen molar-refractivity contribution in [2.45, 2.75) is 44.9 Å². The van der Waals surface area contributed by atoms with Gasteiger partial charge in [-0.15, -0.1) is 4.72 Å². The van der Waals surface area contributed by atoms with E-state index in [1.165, 1.54) is 5.56 Å². The van der Waals surface area contributed by atoms with E-state index in [4.69, 9.17) is 0 Å². The van der Waals surface area contributed by atoms with Gasteiger partial charge in [-0.05, 0) is 44.9 Å². The first-order valence-corrected chi connectivity index (χ1v) is 7.72. The van der Waals surface area contributed by atoms with Gasteiger partial charge in [-0.3, -0.25) is 0 Å². The van der Waals surface area contributed by atoms with E-state index in [0.717, 1.165) is 10.9 Å². The second-order valence-electron chi connectivity index (χ2n) is 5.01. The highest BCUT2D eigenvalue weighted by molar-refractivity contribution is 9.10. The van der Waals surface area contributed by atoms with E-state index < -0.39 is 11.4 Å². The van der Waals surface area contributed by atoms with Gasteiger partial charge in [0.1, 0.15) is 4.75 Å². The van der Waals surface area contributed by atoms with Crippen LogP contribution < -0.4 is 4.72 Å². The molecule has 17 heavy (non-hydrogen) atoms. The Bertz CT molecular complexity index is 365. The van der Waals surface area contributed by atoms with Gasteiger partial charge >= 0.3 is 0 Å². The summed E-state index contributed by atoms with van der Waals surface area (Å²) in [7, 11) is 0. The molecule has 0 fully saturated rings. The van der Waals surface area contributed by atoms with Crippen LogP contribution in [0, 0.1) is 0 Å². The normalized spacial score (nSPS) is 15.6. The highest BCUT2D eigenvalue weighted by Gasteiger charge is 2.29. The van der Waals surface area contributed by atoms with Gasteiger partial charge < -0.3 is 4.55 Å². The van der Waals surface area contributed by atoms with Crippen molar-refractivity contribution in [1.82, 2.24) is 4.72 Å². The Balaban J connectivity index is 2.79. The van der Waals surface area contributed by atoms with Crippen LogP contribution in [0.15, 0.2) is 28.7 Å². The SMILES string of the molecule is CCC(N[S+]([O-])C(C)(C)C)c1cccc(Br)c1. The Hall–Kier alpha value is -0.0300. The molecule has 0 saturated heterocycles. The largest absolute Gasteiger partial charge is 0.598 e. The van der Waals surface area contributed by atoms with Crippen molar-refractivity contribution < 1.29 is 4.55 Å². The number of benzene rings is 1. The molecule has 0 heterocycles. The summed E-state index contributed by atoms with van der Waals surface area (Å²) in [5.74, 6) is 0. The summed E-state index contributed by atoms with van der Waals surface area (Å²) in [4.78, 5) is 0. The van der Waals surface area contributed by atoms with E-state index in [1.54, 1.807) is 0 Å². The Morgan fingerprint density at radius 1 is 1.41 bits per heavy atom. The quantitative estimate of drug-likeness (QED) is 0.853. The predicted octanol–water partition coefficient (Wildman–Crippen LogP) is 3.95. The van der Waals surface area contributed by atoms with Crippen molar-refractivity contribution in [3.8, 4) is 0 Å². The van der Waals surface area contributed by atoms with Crippen LogP contribution in [-0.4, -0.2) is 9.30 Å². The fraction of sp³-hybridized carbons (Fsp3) is 0.538. The molecule has 0 amide bonds. The lowest BCUT2D eigenvalue weighted by Gasteiger charge is -2.27. The van der Waals surface area contributed by atoms with Crippen LogP contribution >= 0.6 is 15.9 Å². The Morgan fingerprint density at radius 2 is 2.06 bits per heavy atom. The molecular weight excluding hydrogens is 298 g/mol. The summed E-state index contributed by atoms with van der Waals surface area (Å²) in [6, 6.07) is 8.26. The maximum Gasteiger partial charge on any atom is 0.136 e. The molecule has 0 aliphatic carbocycles. The van der Waals surface area contributed by atoms with E-state index in [9.17, 15) is 4.55 Å². The number of rotatable bonds is 4. The summed E-state index contributed by atoms with van der Waals surface area (Å²) < 4.78 is 16.1. The smallest absolute Gasteiger partial charge is 0.136 e. The maximum absolute atomic E-state index is 12.1. The fourth-order valence-corrected chi connectivity index (χ4v) is 2.75. The topological polar surface area (TPSA) is 35.1 Å². The van der Waals surface area contributed by atoms with Crippen LogP contribution in [0.2, 0.25) is 0 Å². The lowest BCUT2D eigenvalue weighted by atomic mass is 10.1. The Morgan fingerprint density at radius 3 is 2.53 bits per heavy atom. The molecule has 1 aromatic rings. The van der Waals surface area contributed by atoms with Crippen LogP contribution in [0.25, 0.3) is 0 Å². The first kappa shape index (κ1) is 15.0. The average Bonchev–Trinajstić information content (AvgIpc) is 2.24. The van der Waals surface area contributed by atoms with Crippen molar-refractivity contribution in [2.24, 2.45) is 0 Å². The number of nitrogens with one attached hydrogen (secondary N) is 1. The zero-order valence-corrected chi connectivity index (χ0v) is 13.2. The van der Waals surface area contributed by atoms with Crippen LogP contribution in [0.4, 0.5) is 0 Å². The van der Waals surface area contributed by atoms with Crippen molar-refractivity contribution >= 4 is 27.3 Å². The third-order valence-corrected chi connectivity index (χ3v) is 4.57. The zero-order chi connectivity index (χ0) is 13.1. The monoisotopic (exact) mass is 317 g/mol. The summed E-state index contributed by atoms with van der Waals surface area (Å²) in [6.45, 7) is 8.02. The van der Waals surface area contributed by atoms with Gasteiger partial charge in [-0.2, -0.15) is 0 Å². The standard InChI is InChI=1S/C13H20BrNOS/c1-5-12(15-17(16)13(2,3)4)10-7-6-8-11(14)9-10/h6-9,12,15H,5H2,1-4H3.